The number of nitro groups is 1. The van der Waals surface area contributed by atoms with Gasteiger partial charge in [0.15, 0.2) is 6.61 Å². The van der Waals surface area contributed by atoms with Crippen molar-refractivity contribution in [1.29, 1.82) is 0 Å². The standard InChI is InChI=1S/C14H9F2NO4/c15-9-4-5-12(13(16)6-9)14(18)8-21-11-3-1-2-10(7-11)17(19)20/h1-7H,8H2. The number of carbonyl (C=O) groups excluding carboxylic acids is 1. The number of nitro benzene ring substituents is 1. The average molecular weight is 293 g/mol. The number of halogens is 2. The fourth-order valence-electron chi connectivity index (χ4n) is 1.63. The predicted molar refractivity (Wildman–Crippen MR) is 69.3 cm³/mol. The molecule has 0 unspecified atom stereocenters. The van der Waals surface area contributed by atoms with Crippen LogP contribution >= 0.6 is 0 Å². The summed E-state index contributed by atoms with van der Waals surface area (Å²) in [5.41, 5.74) is -0.491. The van der Waals surface area contributed by atoms with Gasteiger partial charge in [0, 0.05) is 12.1 Å². The van der Waals surface area contributed by atoms with Crippen LogP contribution in [0.3, 0.4) is 0 Å². The lowest BCUT2D eigenvalue weighted by molar-refractivity contribution is -0.384. The predicted octanol–water partition coefficient (Wildman–Crippen LogP) is 3.13. The van der Waals surface area contributed by atoms with Gasteiger partial charge in [0.05, 0.1) is 16.6 Å². The minimum Gasteiger partial charge on any atom is -0.485 e. The zero-order valence-corrected chi connectivity index (χ0v) is 10.6. The first-order valence-corrected chi connectivity index (χ1v) is 5.83. The zero-order chi connectivity index (χ0) is 15.4. The van der Waals surface area contributed by atoms with Gasteiger partial charge in [0.25, 0.3) is 5.69 Å². The van der Waals surface area contributed by atoms with Gasteiger partial charge in [0.2, 0.25) is 5.78 Å². The third kappa shape index (κ3) is 3.59. The molecule has 0 radical (unpaired) electrons. The Morgan fingerprint density at radius 2 is 1.95 bits per heavy atom. The van der Waals surface area contributed by atoms with Crippen LogP contribution in [0.4, 0.5) is 14.5 Å². The van der Waals surface area contributed by atoms with Crippen LogP contribution in [0.5, 0.6) is 5.75 Å². The van der Waals surface area contributed by atoms with E-state index >= 15 is 0 Å². The van der Waals surface area contributed by atoms with Gasteiger partial charge in [-0.25, -0.2) is 8.78 Å². The molecule has 108 valence electrons. The Balaban J connectivity index is 2.07. The summed E-state index contributed by atoms with van der Waals surface area (Å²) >= 11 is 0. The number of non-ortho nitro benzene ring substituents is 1. The molecule has 0 aromatic heterocycles. The molecule has 0 atom stereocenters. The van der Waals surface area contributed by atoms with Crippen molar-refractivity contribution in [2.45, 2.75) is 0 Å². The Morgan fingerprint density at radius 1 is 1.19 bits per heavy atom. The molecule has 7 heteroatoms. The Bertz CT molecular complexity index is 703. The Morgan fingerprint density at radius 3 is 2.62 bits per heavy atom. The van der Waals surface area contributed by atoms with E-state index in [-0.39, 0.29) is 17.0 Å². The third-order valence-corrected chi connectivity index (χ3v) is 2.63. The maximum atomic E-state index is 13.4. The van der Waals surface area contributed by atoms with Crippen molar-refractivity contribution in [1.82, 2.24) is 0 Å². The highest BCUT2D eigenvalue weighted by molar-refractivity contribution is 5.97. The van der Waals surface area contributed by atoms with Gasteiger partial charge in [-0.2, -0.15) is 0 Å². The molecule has 2 rings (SSSR count). The number of hydrogen-bond acceptors (Lipinski definition) is 4. The summed E-state index contributed by atoms with van der Waals surface area (Å²) in [4.78, 5) is 21.7. The molecule has 2 aromatic rings. The molecular formula is C14H9F2NO4. The van der Waals surface area contributed by atoms with Crippen molar-refractivity contribution in [3.63, 3.8) is 0 Å². The van der Waals surface area contributed by atoms with E-state index in [1.165, 1.54) is 18.2 Å². The molecule has 0 spiro atoms. The lowest BCUT2D eigenvalue weighted by Crippen LogP contribution is -2.13. The first kappa shape index (κ1) is 14.6. The summed E-state index contributed by atoms with van der Waals surface area (Å²) in [5.74, 6) is -2.36. The summed E-state index contributed by atoms with van der Waals surface area (Å²) < 4.78 is 31.2. The lowest BCUT2D eigenvalue weighted by atomic mass is 10.1. The Hall–Kier alpha value is -2.83. The molecule has 0 bridgehead atoms. The molecule has 5 nitrogen and oxygen atoms in total. The fraction of sp³-hybridized carbons (Fsp3) is 0.0714. The van der Waals surface area contributed by atoms with Crippen molar-refractivity contribution in [3.8, 4) is 5.75 Å². The molecule has 21 heavy (non-hydrogen) atoms. The first-order valence-electron chi connectivity index (χ1n) is 5.83. The largest absolute Gasteiger partial charge is 0.485 e. The van der Waals surface area contributed by atoms with E-state index < -0.39 is 28.9 Å². The second-order valence-corrected chi connectivity index (χ2v) is 4.09. The topological polar surface area (TPSA) is 69.4 Å². The number of Topliss-reactive ketones (excluding diaryl/α,β-unsaturated/α-hetero) is 1. The molecule has 0 N–H and O–H groups in total. The van der Waals surface area contributed by atoms with Crippen LogP contribution < -0.4 is 4.74 Å². The van der Waals surface area contributed by atoms with Gasteiger partial charge < -0.3 is 4.74 Å². The average Bonchev–Trinajstić information content (AvgIpc) is 2.45. The molecule has 2 aromatic carbocycles. The molecule has 0 heterocycles. The van der Waals surface area contributed by atoms with Crippen LogP contribution in [0.25, 0.3) is 0 Å². The highest BCUT2D eigenvalue weighted by Gasteiger charge is 2.14. The van der Waals surface area contributed by atoms with Crippen LogP contribution in [-0.4, -0.2) is 17.3 Å². The Labute approximate surface area is 117 Å². The van der Waals surface area contributed by atoms with Crippen LogP contribution in [0.15, 0.2) is 42.5 Å². The maximum Gasteiger partial charge on any atom is 0.273 e. The molecule has 0 fully saturated rings. The van der Waals surface area contributed by atoms with E-state index in [1.54, 1.807) is 0 Å². The smallest absolute Gasteiger partial charge is 0.273 e. The van der Waals surface area contributed by atoms with E-state index in [0.29, 0.717) is 6.07 Å². The summed E-state index contributed by atoms with van der Waals surface area (Å²) in [6.45, 7) is -0.510. The molecular weight excluding hydrogens is 284 g/mol. The summed E-state index contributed by atoms with van der Waals surface area (Å²) in [6.07, 6.45) is 0. The van der Waals surface area contributed by atoms with E-state index in [2.05, 4.69) is 0 Å². The van der Waals surface area contributed by atoms with Crippen molar-refractivity contribution >= 4 is 11.5 Å². The highest BCUT2D eigenvalue weighted by atomic mass is 19.1. The number of carbonyl (C=O) groups is 1. The number of rotatable bonds is 5. The molecule has 0 aliphatic rings. The van der Waals surface area contributed by atoms with Crippen LogP contribution in [0.2, 0.25) is 0 Å². The van der Waals surface area contributed by atoms with Crippen LogP contribution in [0.1, 0.15) is 10.4 Å². The third-order valence-electron chi connectivity index (χ3n) is 2.63. The highest BCUT2D eigenvalue weighted by Crippen LogP contribution is 2.19. The van der Waals surface area contributed by atoms with Crippen molar-refractivity contribution in [3.05, 3.63) is 69.8 Å². The van der Waals surface area contributed by atoms with Gasteiger partial charge in [-0.3, -0.25) is 14.9 Å². The minimum absolute atomic E-state index is 0.111. The minimum atomic E-state index is -0.984. The second kappa shape index (κ2) is 6.08. The van der Waals surface area contributed by atoms with Crippen molar-refractivity contribution in [2.75, 3.05) is 6.61 Å². The summed E-state index contributed by atoms with van der Waals surface area (Å²) in [7, 11) is 0. The normalized spacial score (nSPS) is 10.2. The van der Waals surface area contributed by atoms with E-state index in [4.69, 9.17) is 4.74 Å². The van der Waals surface area contributed by atoms with E-state index in [1.807, 2.05) is 0 Å². The second-order valence-electron chi connectivity index (χ2n) is 4.09. The fourth-order valence-corrected chi connectivity index (χ4v) is 1.63. The Kier molecular flexibility index (Phi) is 4.22. The number of ketones is 1. The van der Waals surface area contributed by atoms with Gasteiger partial charge in [-0.1, -0.05) is 6.07 Å². The molecule has 0 amide bonds. The van der Waals surface area contributed by atoms with Gasteiger partial charge in [-0.05, 0) is 18.2 Å². The zero-order valence-electron chi connectivity index (χ0n) is 10.6. The molecule has 0 aliphatic heterocycles. The lowest BCUT2D eigenvalue weighted by Gasteiger charge is -2.06. The van der Waals surface area contributed by atoms with Gasteiger partial charge >= 0.3 is 0 Å². The monoisotopic (exact) mass is 293 g/mol. The number of benzene rings is 2. The SMILES string of the molecule is O=C(COc1cccc([N+](=O)[O-])c1)c1ccc(F)cc1F. The summed E-state index contributed by atoms with van der Waals surface area (Å²) in [6, 6.07) is 7.83. The number of nitrogens with zero attached hydrogens (tertiary/aromatic N) is 1. The molecule has 0 saturated carbocycles. The van der Waals surface area contributed by atoms with Crippen LogP contribution in [0, 0.1) is 21.7 Å². The number of hydrogen-bond donors (Lipinski definition) is 0. The van der Waals surface area contributed by atoms with Crippen molar-refractivity contribution < 1.29 is 23.2 Å². The maximum absolute atomic E-state index is 13.4. The molecule has 0 saturated heterocycles. The summed E-state index contributed by atoms with van der Waals surface area (Å²) in [5, 5.41) is 10.6. The first-order chi connectivity index (χ1) is 9.97. The van der Waals surface area contributed by atoms with Crippen LogP contribution in [-0.2, 0) is 0 Å². The molecule has 0 aliphatic carbocycles. The van der Waals surface area contributed by atoms with E-state index in [0.717, 1.165) is 18.2 Å². The quantitative estimate of drug-likeness (QED) is 0.482. The van der Waals surface area contributed by atoms with Crippen molar-refractivity contribution in [2.24, 2.45) is 0 Å². The van der Waals surface area contributed by atoms with E-state index in [9.17, 15) is 23.7 Å². The van der Waals surface area contributed by atoms with Gasteiger partial charge in [-0.15, -0.1) is 0 Å². The van der Waals surface area contributed by atoms with Gasteiger partial charge in [0.1, 0.15) is 17.4 Å². The number of ether oxygens (including phenoxy) is 1.